The maximum atomic E-state index is 6.06. The minimum atomic E-state index is 0.122. The number of nitrogens with zero attached hydrogens (tertiary/aromatic N) is 2. The number of rotatable bonds is 5. The van der Waals surface area contributed by atoms with Crippen molar-refractivity contribution in [3.63, 3.8) is 0 Å². The van der Waals surface area contributed by atoms with Gasteiger partial charge in [-0.3, -0.25) is 4.90 Å². The van der Waals surface area contributed by atoms with Crippen LogP contribution in [0.15, 0.2) is 30.3 Å². The molecule has 0 saturated carbocycles. The highest BCUT2D eigenvalue weighted by atomic mass is 16.5. The normalized spacial score (nSPS) is 32.6. The molecule has 0 spiro atoms. The lowest BCUT2D eigenvalue weighted by Gasteiger charge is -2.39. The smallest absolute Gasteiger partial charge is 0.0948 e. The Morgan fingerprint density at radius 1 is 1.09 bits per heavy atom. The van der Waals surface area contributed by atoms with Gasteiger partial charge in [-0.15, -0.1) is 0 Å². The number of ether oxygens (including phenoxy) is 1. The fraction of sp³-hybridized carbons (Fsp3) is 0.667. The second-order valence-electron chi connectivity index (χ2n) is 7.13. The summed E-state index contributed by atoms with van der Waals surface area (Å²) in [5, 5.41) is 3.57. The number of hydrogen-bond acceptors (Lipinski definition) is 4. The van der Waals surface area contributed by atoms with Crippen molar-refractivity contribution in [3.8, 4) is 0 Å². The number of piperazine rings is 1. The molecule has 2 atom stereocenters. The van der Waals surface area contributed by atoms with Crippen LogP contribution in [0.25, 0.3) is 0 Å². The first-order valence-electron chi connectivity index (χ1n) is 8.67. The monoisotopic (exact) mass is 301 g/mol. The molecule has 1 N–H and O–H groups in total. The minimum absolute atomic E-state index is 0.122. The average molecular weight is 301 g/mol. The molecule has 0 amide bonds. The summed E-state index contributed by atoms with van der Waals surface area (Å²) in [5.41, 5.74) is 1.57. The van der Waals surface area contributed by atoms with Gasteiger partial charge in [0.15, 0.2) is 0 Å². The zero-order valence-corrected chi connectivity index (χ0v) is 13.3. The predicted molar refractivity (Wildman–Crippen MR) is 88.1 cm³/mol. The molecule has 2 unspecified atom stereocenters. The standard InChI is InChI=1S/C18H27N3O/c1-2-4-16(5-3-1)6-7-20-8-10-21(11-9-20)15-18-12-17(13-22-18)19-14-18/h1-5,17,19H,6-15H2. The first-order valence-corrected chi connectivity index (χ1v) is 8.67. The lowest BCUT2D eigenvalue weighted by Crippen LogP contribution is -2.53. The summed E-state index contributed by atoms with van der Waals surface area (Å²) in [5.74, 6) is 0. The lowest BCUT2D eigenvalue weighted by molar-refractivity contribution is -0.0375. The lowest BCUT2D eigenvalue weighted by atomic mass is 10.0. The Morgan fingerprint density at radius 2 is 1.86 bits per heavy atom. The Bertz CT molecular complexity index is 476. The highest BCUT2D eigenvalue weighted by molar-refractivity contribution is 5.14. The number of fused-ring (bicyclic) bond motifs is 2. The molecule has 1 aromatic carbocycles. The van der Waals surface area contributed by atoms with Crippen LogP contribution in [0.2, 0.25) is 0 Å². The molecule has 4 rings (SSSR count). The van der Waals surface area contributed by atoms with E-state index in [1.54, 1.807) is 0 Å². The zero-order chi connectivity index (χ0) is 14.8. The highest BCUT2D eigenvalue weighted by Gasteiger charge is 2.47. The topological polar surface area (TPSA) is 27.7 Å². The average Bonchev–Trinajstić information content (AvgIpc) is 3.16. The number of hydrogen-bond donors (Lipinski definition) is 1. The van der Waals surface area contributed by atoms with Gasteiger partial charge in [0.25, 0.3) is 0 Å². The van der Waals surface area contributed by atoms with Gasteiger partial charge in [0, 0.05) is 51.9 Å². The highest BCUT2D eigenvalue weighted by Crippen LogP contribution is 2.32. The van der Waals surface area contributed by atoms with Crippen LogP contribution in [-0.2, 0) is 11.2 Å². The number of nitrogens with one attached hydrogen (secondary N) is 1. The Kier molecular flexibility index (Phi) is 4.18. The third-order valence-electron chi connectivity index (χ3n) is 5.46. The van der Waals surface area contributed by atoms with Crippen molar-refractivity contribution < 1.29 is 4.74 Å². The fourth-order valence-electron chi connectivity index (χ4n) is 4.11. The molecule has 4 heteroatoms. The summed E-state index contributed by atoms with van der Waals surface area (Å²) < 4.78 is 6.06. The van der Waals surface area contributed by atoms with Gasteiger partial charge in [0.2, 0.25) is 0 Å². The molecule has 22 heavy (non-hydrogen) atoms. The summed E-state index contributed by atoms with van der Waals surface area (Å²) in [6.45, 7) is 9.02. The van der Waals surface area contributed by atoms with Crippen LogP contribution < -0.4 is 5.32 Å². The van der Waals surface area contributed by atoms with Crippen molar-refractivity contribution in [2.45, 2.75) is 24.5 Å². The molecule has 3 heterocycles. The molecular formula is C18H27N3O. The first kappa shape index (κ1) is 14.6. The third kappa shape index (κ3) is 3.20. The second kappa shape index (κ2) is 6.28. The molecule has 3 aliphatic heterocycles. The second-order valence-corrected chi connectivity index (χ2v) is 7.13. The van der Waals surface area contributed by atoms with Crippen molar-refractivity contribution in [1.29, 1.82) is 0 Å². The van der Waals surface area contributed by atoms with E-state index >= 15 is 0 Å². The van der Waals surface area contributed by atoms with Crippen LogP contribution in [0.1, 0.15) is 12.0 Å². The SMILES string of the molecule is c1ccc(CCN2CCN(CC34CNC(CO3)C4)CC2)cc1. The van der Waals surface area contributed by atoms with Gasteiger partial charge in [-0.05, 0) is 18.4 Å². The summed E-state index contributed by atoms with van der Waals surface area (Å²) >= 11 is 0. The maximum absolute atomic E-state index is 6.06. The van der Waals surface area contributed by atoms with Crippen LogP contribution in [0.5, 0.6) is 0 Å². The largest absolute Gasteiger partial charge is 0.371 e. The van der Waals surface area contributed by atoms with Crippen LogP contribution in [0.3, 0.4) is 0 Å². The van der Waals surface area contributed by atoms with E-state index in [4.69, 9.17) is 4.74 Å². The molecule has 0 radical (unpaired) electrons. The Balaban J connectivity index is 1.21. The molecule has 0 aromatic heterocycles. The summed E-state index contributed by atoms with van der Waals surface area (Å²) in [6.07, 6.45) is 2.38. The Labute approximate surface area is 133 Å². The molecule has 2 bridgehead atoms. The summed E-state index contributed by atoms with van der Waals surface area (Å²) in [4.78, 5) is 5.21. The van der Waals surface area contributed by atoms with E-state index < -0.39 is 0 Å². The molecular weight excluding hydrogens is 274 g/mol. The van der Waals surface area contributed by atoms with Crippen LogP contribution in [0, 0.1) is 0 Å². The molecule has 0 aliphatic carbocycles. The fourth-order valence-corrected chi connectivity index (χ4v) is 4.11. The number of morpholine rings is 1. The summed E-state index contributed by atoms with van der Waals surface area (Å²) in [6, 6.07) is 11.4. The van der Waals surface area contributed by atoms with Crippen molar-refractivity contribution in [2.75, 3.05) is 52.4 Å². The van der Waals surface area contributed by atoms with Crippen LogP contribution >= 0.6 is 0 Å². The van der Waals surface area contributed by atoms with Crippen molar-refractivity contribution >= 4 is 0 Å². The quantitative estimate of drug-likeness (QED) is 0.877. The van der Waals surface area contributed by atoms with E-state index in [0.717, 1.165) is 19.7 Å². The maximum Gasteiger partial charge on any atom is 0.0948 e. The van der Waals surface area contributed by atoms with Gasteiger partial charge in [0.1, 0.15) is 0 Å². The predicted octanol–water partition coefficient (Wildman–Crippen LogP) is 0.978. The van der Waals surface area contributed by atoms with E-state index in [9.17, 15) is 0 Å². The number of benzene rings is 1. The molecule has 3 fully saturated rings. The van der Waals surface area contributed by atoms with Crippen LogP contribution in [-0.4, -0.2) is 73.9 Å². The van der Waals surface area contributed by atoms with E-state index in [1.807, 2.05) is 0 Å². The zero-order valence-electron chi connectivity index (χ0n) is 13.3. The third-order valence-corrected chi connectivity index (χ3v) is 5.46. The first-order chi connectivity index (χ1) is 10.8. The van der Waals surface area contributed by atoms with Gasteiger partial charge in [-0.25, -0.2) is 0 Å². The Hall–Kier alpha value is -0.940. The van der Waals surface area contributed by atoms with E-state index in [1.165, 1.54) is 51.1 Å². The van der Waals surface area contributed by atoms with Gasteiger partial charge in [0.05, 0.1) is 12.2 Å². The van der Waals surface area contributed by atoms with Crippen LogP contribution in [0.4, 0.5) is 0 Å². The van der Waals surface area contributed by atoms with E-state index in [0.29, 0.717) is 6.04 Å². The molecule has 3 aliphatic rings. The van der Waals surface area contributed by atoms with Gasteiger partial charge >= 0.3 is 0 Å². The Morgan fingerprint density at radius 3 is 2.50 bits per heavy atom. The molecule has 4 nitrogen and oxygen atoms in total. The molecule has 3 saturated heterocycles. The van der Waals surface area contributed by atoms with Gasteiger partial charge in [-0.2, -0.15) is 0 Å². The summed E-state index contributed by atoms with van der Waals surface area (Å²) in [7, 11) is 0. The van der Waals surface area contributed by atoms with E-state index in [-0.39, 0.29) is 5.60 Å². The van der Waals surface area contributed by atoms with Crippen molar-refractivity contribution in [3.05, 3.63) is 35.9 Å². The minimum Gasteiger partial charge on any atom is -0.371 e. The van der Waals surface area contributed by atoms with Gasteiger partial charge in [-0.1, -0.05) is 30.3 Å². The van der Waals surface area contributed by atoms with Gasteiger partial charge < -0.3 is 15.0 Å². The van der Waals surface area contributed by atoms with E-state index in [2.05, 4.69) is 45.4 Å². The van der Waals surface area contributed by atoms with Crippen molar-refractivity contribution in [1.82, 2.24) is 15.1 Å². The molecule has 1 aromatic rings. The molecule has 120 valence electrons. The van der Waals surface area contributed by atoms with Crippen molar-refractivity contribution in [2.24, 2.45) is 0 Å².